The van der Waals surface area contributed by atoms with Gasteiger partial charge in [0.15, 0.2) is 0 Å². The van der Waals surface area contributed by atoms with Crippen molar-refractivity contribution < 1.29 is 4.79 Å². The van der Waals surface area contributed by atoms with Crippen LogP contribution in [0.5, 0.6) is 0 Å². The second kappa shape index (κ2) is 7.03. The summed E-state index contributed by atoms with van der Waals surface area (Å²) in [4.78, 5) is 13.5. The first-order chi connectivity index (χ1) is 8.01. The van der Waals surface area contributed by atoms with Crippen LogP contribution < -0.4 is 0 Å². The van der Waals surface area contributed by atoms with E-state index in [2.05, 4.69) is 13.8 Å². The van der Waals surface area contributed by atoms with Gasteiger partial charge in [0.2, 0.25) is 5.91 Å². The molecule has 0 radical (unpaired) electrons. The topological polar surface area (TPSA) is 20.3 Å². The molecule has 0 aromatic carbocycles. The van der Waals surface area contributed by atoms with E-state index in [0.29, 0.717) is 5.41 Å². The fraction of sp³-hybridized carbons (Fsp3) is 0.933. The summed E-state index contributed by atoms with van der Waals surface area (Å²) in [6, 6.07) is 0. The van der Waals surface area contributed by atoms with Crippen molar-refractivity contribution in [3.8, 4) is 0 Å². The Bertz CT molecular complexity index is 235. The van der Waals surface area contributed by atoms with Crippen LogP contribution in [0.4, 0.5) is 0 Å². The Hall–Kier alpha value is -0.530. The van der Waals surface area contributed by atoms with Gasteiger partial charge in [-0.15, -0.1) is 0 Å². The van der Waals surface area contributed by atoms with Crippen molar-refractivity contribution in [3.05, 3.63) is 0 Å². The Morgan fingerprint density at radius 3 is 1.94 bits per heavy atom. The van der Waals surface area contributed by atoms with Crippen LogP contribution >= 0.6 is 0 Å². The monoisotopic (exact) mass is 239 g/mol. The third-order valence-corrected chi connectivity index (χ3v) is 4.01. The summed E-state index contributed by atoms with van der Waals surface area (Å²) in [5, 5.41) is 0. The molecular weight excluding hydrogens is 210 g/mol. The minimum Gasteiger partial charge on any atom is -0.343 e. The fourth-order valence-electron chi connectivity index (χ4n) is 2.72. The molecule has 0 atom stereocenters. The first-order valence-electron chi connectivity index (χ1n) is 7.27. The van der Waals surface area contributed by atoms with Gasteiger partial charge in [0.1, 0.15) is 0 Å². The molecule has 1 amide bonds. The Balaban J connectivity index is 2.44. The van der Waals surface area contributed by atoms with E-state index in [4.69, 9.17) is 0 Å². The molecule has 1 aliphatic heterocycles. The summed E-state index contributed by atoms with van der Waals surface area (Å²) in [6.07, 6.45) is 10.2. The molecule has 1 rings (SSSR count). The van der Waals surface area contributed by atoms with Crippen LogP contribution in [-0.2, 0) is 4.79 Å². The van der Waals surface area contributed by atoms with Crippen molar-refractivity contribution >= 4 is 5.91 Å². The number of hydrogen-bond acceptors (Lipinski definition) is 1. The molecular formula is C15H29NO. The fourth-order valence-corrected chi connectivity index (χ4v) is 2.72. The van der Waals surface area contributed by atoms with Gasteiger partial charge in [0.05, 0.1) is 0 Å². The minimum absolute atomic E-state index is 0.251. The summed E-state index contributed by atoms with van der Waals surface area (Å²) in [5.41, 5.74) is 0.500. The van der Waals surface area contributed by atoms with Gasteiger partial charge >= 0.3 is 0 Å². The molecule has 1 aliphatic rings. The van der Waals surface area contributed by atoms with Crippen LogP contribution in [0, 0.1) is 5.41 Å². The van der Waals surface area contributed by atoms with Crippen LogP contribution in [0.15, 0.2) is 0 Å². The smallest absolute Gasteiger partial charge is 0.219 e. The molecule has 0 aromatic heterocycles. The molecule has 0 saturated carbocycles. The standard InChI is InChI=1S/C15H29NO/c1-14(17)16-12-8-5-4-6-10-15(2,3)11-7-9-13-16/h4-13H2,1-3H3. The highest BCUT2D eigenvalue weighted by Crippen LogP contribution is 2.30. The Morgan fingerprint density at radius 1 is 0.882 bits per heavy atom. The molecule has 1 heterocycles. The van der Waals surface area contributed by atoms with E-state index in [-0.39, 0.29) is 5.91 Å². The van der Waals surface area contributed by atoms with E-state index < -0.39 is 0 Å². The lowest BCUT2D eigenvalue weighted by molar-refractivity contribution is -0.129. The zero-order valence-corrected chi connectivity index (χ0v) is 11.9. The summed E-state index contributed by atoms with van der Waals surface area (Å²) in [5.74, 6) is 0.251. The van der Waals surface area contributed by atoms with Crippen LogP contribution in [0.3, 0.4) is 0 Å². The van der Waals surface area contributed by atoms with Gasteiger partial charge in [-0.2, -0.15) is 0 Å². The van der Waals surface area contributed by atoms with Crippen LogP contribution in [-0.4, -0.2) is 23.9 Å². The Morgan fingerprint density at radius 2 is 1.35 bits per heavy atom. The number of amides is 1. The van der Waals surface area contributed by atoms with E-state index in [1.807, 2.05) is 4.90 Å². The maximum Gasteiger partial charge on any atom is 0.219 e. The van der Waals surface area contributed by atoms with Gasteiger partial charge in [0, 0.05) is 20.0 Å². The van der Waals surface area contributed by atoms with E-state index in [9.17, 15) is 4.79 Å². The molecule has 0 aromatic rings. The van der Waals surface area contributed by atoms with Gasteiger partial charge in [-0.25, -0.2) is 0 Å². The Kier molecular flexibility index (Phi) is 6.01. The lowest BCUT2D eigenvalue weighted by Crippen LogP contribution is -2.31. The third-order valence-electron chi connectivity index (χ3n) is 4.01. The zero-order chi connectivity index (χ0) is 12.7. The average Bonchev–Trinajstić information content (AvgIpc) is 2.23. The van der Waals surface area contributed by atoms with E-state index >= 15 is 0 Å². The van der Waals surface area contributed by atoms with E-state index in [0.717, 1.165) is 13.1 Å². The minimum atomic E-state index is 0.251. The lowest BCUT2D eigenvalue weighted by Gasteiger charge is -2.27. The lowest BCUT2D eigenvalue weighted by atomic mass is 9.82. The molecule has 0 unspecified atom stereocenters. The van der Waals surface area contributed by atoms with Crippen molar-refractivity contribution in [3.63, 3.8) is 0 Å². The molecule has 2 nitrogen and oxygen atoms in total. The Labute approximate surface area is 107 Å². The van der Waals surface area contributed by atoms with Crippen LogP contribution in [0.25, 0.3) is 0 Å². The molecule has 17 heavy (non-hydrogen) atoms. The van der Waals surface area contributed by atoms with Gasteiger partial charge in [-0.05, 0) is 31.1 Å². The predicted molar refractivity (Wildman–Crippen MR) is 73.0 cm³/mol. The first-order valence-corrected chi connectivity index (χ1v) is 7.27. The largest absolute Gasteiger partial charge is 0.343 e. The van der Waals surface area contributed by atoms with Crippen molar-refractivity contribution in [2.45, 2.75) is 72.1 Å². The normalized spacial score (nSPS) is 23.6. The quantitative estimate of drug-likeness (QED) is 0.626. The van der Waals surface area contributed by atoms with E-state index in [1.54, 1.807) is 6.92 Å². The maximum absolute atomic E-state index is 11.5. The van der Waals surface area contributed by atoms with Crippen molar-refractivity contribution in [2.75, 3.05) is 13.1 Å². The number of carbonyl (C=O) groups is 1. The molecule has 0 N–H and O–H groups in total. The second-order valence-corrected chi connectivity index (χ2v) is 6.29. The number of rotatable bonds is 0. The van der Waals surface area contributed by atoms with Gasteiger partial charge < -0.3 is 4.90 Å². The molecule has 2 heteroatoms. The number of hydrogen-bond donors (Lipinski definition) is 0. The molecule has 0 spiro atoms. The number of nitrogens with zero attached hydrogens (tertiary/aromatic N) is 1. The van der Waals surface area contributed by atoms with Crippen molar-refractivity contribution in [2.24, 2.45) is 5.41 Å². The van der Waals surface area contributed by atoms with Crippen LogP contribution in [0.1, 0.15) is 72.1 Å². The third kappa shape index (κ3) is 6.09. The molecule has 1 fully saturated rings. The van der Waals surface area contributed by atoms with Crippen molar-refractivity contribution in [1.29, 1.82) is 0 Å². The van der Waals surface area contributed by atoms with Gasteiger partial charge in [-0.1, -0.05) is 39.5 Å². The summed E-state index contributed by atoms with van der Waals surface area (Å²) >= 11 is 0. The zero-order valence-electron chi connectivity index (χ0n) is 11.9. The van der Waals surface area contributed by atoms with Gasteiger partial charge in [0.25, 0.3) is 0 Å². The number of carbonyl (C=O) groups excluding carboxylic acids is 1. The SMILES string of the molecule is CC(=O)N1CCCCCCC(C)(C)CCCC1. The summed E-state index contributed by atoms with van der Waals surface area (Å²) < 4.78 is 0. The van der Waals surface area contributed by atoms with Crippen LogP contribution in [0.2, 0.25) is 0 Å². The highest BCUT2D eigenvalue weighted by atomic mass is 16.2. The first kappa shape index (κ1) is 14.5. The summed E-state index contributed by atoms with van der Waals surface area (Å²) in [7, 11) is 0. The average molecular weight is 239 g/mol. The second-order valence-electron chi connectivity index (χ2n) is 6.29. The highest BCUT2D eigenvalue weighted by Gasteiger charge is 2.18. The molecule has 1 saturated heterocycles. The highest BCUT2D eigenvalue weighted by molar-refractivity contribution is 5.73. The maximum atomic E-state index is 11.5. The van der Waals surface area contributed by atoms with Gasteiger partial charge in [-0.3, -0.25) is 4.79 Å². The van der Waals surface area contributed by atoms with Crippen molar-refractivity contribution in [1.82, 2.24) is 4.90 Å². The predicted octanol–water partition coefficient (Wildman–Crippen LogP) is 4.00. The molecule has 0 bridgehead atoms. The molecule has 100 valence electrons. The van der Waals surface area contributed by atoms with E-state index in [1.165, 1.54) is 51.4 Å². The molecule has 0 aliphatic carbocycles. The summed E-state index contributed by atoms with van der Waals surface area (Å²) in [6.45, 7) is 8.42.